The number of pyridine rings is 1. The largest absolute Gasteiger partial charge is 0.349 e. The molecule has 0 aliphatic carbocycles. The topological polar surface area (TPSA) is 80.0 Å². The van der Waals surface area contributed by atoms with Gasteiger partial charge in [-0.2, -0.15) is 11.8 Å². The summed E-state index contributed by atoms with van der Waals surface area (Å²) in [5.74, 6) is 6.71. The van der Waals surface area contributed by atoms with E-state index in [1.165, 1.54) is 0 Å². The molecular formula is C13H22N4OS. The molecule has 6 heteroatoms. The Kier molecular flexibility index (Phi) is 6.66. The second kappa shape index (κ2) is 8.01. The Morgan fingerprint density at radius 1 is 1.53 bits per heavy atom. The molecule has 1 unspecified atom stereocenters. The first kappa shape index (κ1) is 15.8. The maximum atomic E-state index is 12.1. The van der Waals surface area contributed by atoms with Gasteiger partial charge in [0.2, 0.25) is 0 Å². The fourth-order valence-corrected chi connectivity index (χ4v) is 2.36. The van der Waals surface area contributed by atoms with Gasteiger partial charge in [-0.25, -0.2) is 10.8 Å². The van der Waals surface area contributed by atoms with Crippen molar-refractivity contribution in [1.82, 2.24) is 10.3 Å². The van der Waals surface area contributed by atoms with Gasteiger partial charge in [0.1, 0.15) is 5.82 Å². The van der Waals surface area contributed by atoms with E-state index in [9.17, 15) is 4.79 Å². The number of anilines is 1. The van der Waals surface area contributed by atoms with E-state index in [-0.39, 0.29) is 11.9 Å². The number of aromatic nitrogens is 1. The number of thioether (sulfide) groups is 1. The quantitative estimate of drug-likeness (QED) is 0.525. The van der Waals surface area contributed by atoms with Crippen LogP contribution in [0.25, 0.3) is 0 Å². The van der Waals surface area contributed by atoms with Crippen molar-refractivity contribution in [2.24, 2.45) is 5.84 Å². The lowest BCUT2D eigenvalue weighted by Gasteiger charge is -2.13. The van der Waals surface area contributed by atoms with Crippen LogP contribution in [-0.4, -0.2) is 28.9 Å². The van der Waals surface area contributed by atoms with E-state index in [1.54, 1.807) is 17.8 Å². The predicted octanol–water partition coefficient (Wildman–Crippen LogP) is 1.80. The van der Waals surface area contributed by atoms with E-state index in [0.29, 0.717) is 11.4 Å². The van der Waals surface area contributed by atoms with Gasteiger partial charge in [-0.1, -0.05) is 13.3 Å². The van der Waals surface area contributed by atoms with Gasteiger partial charge in [0.15, 0.2) is 0 Å². The van der Waals surface area contributed by atoms with Crippen LogP contribution in [0.1, 0.15) is 36.3 Å². The highest BCUT2D eigenvalue weighted by atomic mass is 32.2. The molecule has 106 valence electrons. The average molecular weight is 282 g/mol. The van der Waals surface area contributed by atoms with Crippen molar-refractivity contribution < 1.29 is 4.79 Å². The van der Waals surface area contributed by atoms with Crippen LogP contribution in [0.4, 0.5) is 5.82 Å². The average Bonchev–Trinajstić information content (AvgIpc) is 2.38. The molecule has 1 rings (SSSR count). The van der Waals surface area contributed by atoms with Gasteiger partial charge < -0.3 is 10.7 Å². The highest BCUT2D eigenvalue weighted by Crippen LogP contribution is 2.12. The van der Waals surface area contributed by atoms with E-state index < -0.39 is 0 Å². The van der Waals surface area contributed by atoms with Crippen molar-refractivity contribution in [3.05, 3.63) is 23.4 Å². The third kappa shape index (κ3) is 5.08. The Morgan fingerprint density at radius 3 is 2.84 bits per heavy atom. The minimum absolute atomic E-state index is 0.0854. The van der Waals surface area contributed by atoms with E-state index in [4.69, 9.17) is 5.84 Å². The first-order chi connectivity index (χ1) is 9.10. The first-order valence-electron chi connectivity index (χ1n) is 6.38. The molecule has 1 amide bonds. The summed E-state index contributed by atoms with van der Waals surface area (Å²) in [6.45, 7) is 4.06. The number of hydrogen-bond acceptors (Lipinski definition) is 5. The molecule has 5 nitrogen and oxygen atoms in total. The summed E-state index contributed by atoms with van der Waals surface area (Å²) in [7, 11) is 0. The highest BCUT2D eigenvalue weighted by molar-refractivity contribution is 7.98. The molecule has 0 radical (unpaired) electrons. The molecule has 0 saturated carbocycles. The minimum Gasteiger partial charge on any atom is -0.349 e. The molecule has 19 heavy (non-hydrogen) atoms. The fraction of sp³-hybridized carbons (Fsp3) is 0.538. The number of carbonyl (C=O) groups is 1. The van der Waals surface area contributed by atoms with Crippen LogP contribution in [0.5, 0.6) is 0 Å². The Balaban J connectivity index is 2.85. The third-order valence-corrected chi connectivity index (χ3v) is 3.42. The number of amides is 1. The summed E-state index contributed by atoms with van der Waals surface area (Å²) >= 11 is 1.71. The molecule has 0 aliphatic rings. The Morgan fingerprint density at radius 2 is 2.26 bits per heavy atom. The smallest absolute Gasteiger partial charge is 0.251 e. The van der Waals surface area contributed by atoms with Crippen molar-refractivity contribution in [1.29, 1.82) is 0 Å². The highest BCUT2D eigenvalue weighted by Gasteiger charge is 2.12. The van der Waals surface area contributed by atoms with Crippen LogP contribution in [0.15, 0.2) is 12.1 Å². The van der Waals surface area contributed by atoms with Gasteiger partial charge >= 0.3 is 0 Å². The fourth-order valence-electron chi connectivity index (χ4n) is 1.78. The minimum atomic E-state index is -0.0854. The van der Waals surface area contributed by atoms with Gasteiger partial charge in [0.25, 0.3) is 5.91 Å². The Hall–Kier alpha value is -1.27. The summed E-state index contributed by atoms with van der Waals surface area (Å²) in [4.78, 5) is 16.5. The molecule has 1 atom stereocenters. The lowest BCUT2D eigenvalue weighted by Crippen LogP contribution is -2.34. The molecule has 1 heterocycles. The van der Waals surface area contributed by atoms with Gasteiger partial charge in [-0.3, -0.25) is 4.79 Å². The Bertz CT molecular complexity index is 425. The number of aryl methyl sites for hydroxylation is 1. The van der Waals surface area contributed by atoms with Gasteiger partial charge in [-0.05, 0) is 31.7 Å². The number of nitrogens with zero attached hydrogens (tertiary/aromatic N) is 1. The summed E-state index contributed by atoms with van der Waals surface area (Å²) < 4.78 is 0. The van der Waals surface area contributed by atoms with Crippen LogP contribution >= 0.6 is 11.8 Å². The maximum absolute atomic E-state index is 12.1. The summed E-state index contributed by atoms with van der Waals surface area (Å²) in [5, 5.41) is 2.96. The van der Waals surface area contributed by atoms with E-state index in [0.717, 1.165) is 24.3 Å². The molecule has 0 saturated heterocycles. The summed E-state index contributed by atoms with van der Waals surface area (Å²) in [6.07, 6.45) is 3.83. The second-order valence-electron chi connectivity index (χ2n) is 4.46. The molecule has 4 N–H and O–H groups in total. The van der Waals surface area contributed by atoms with E-state index in [2.05, 4.69) is 22.7 Å². The van der Waals surface area contributed by atoms with Crippen molar-refractivity contribution in [2.45, 2.75) is 32.7 Å². The number of nitrogens with one attached hydrogen (secondary N) is 2. The number of rotatable bonds is 7. The molecule has 0 fully saturated rings. The number of hydrazine groups is 1. The number of hydrogen-bond donors (Lipinski definition) is 3. The number of carbonyl (C=O) groups excluding carboxylic acids is 1. The van der Waals surface area contributed by atoms with E-state index in [1.807, 2.05) is 19.2 Å². The zero-order chi connectivity index (χ0) is 14.3. The van der Waals surface area contributed by atoms with Gasteiger partial charge in [0.05, 0.1) is 0 Å². The van der Waals surface area contributed by atoms with Crippen LogP contribution < -0.4 is 16.6 Å². The molecule has 1 aromatic heterocycles. The lowest BCUT2D eigenvalue weighted by atomic mass is 10.1. The molecule has 0 aromatic carbocycles. The molecule has 1 aromatic rings. The van der Waals surface area contributed by atoms with Crippen LogP contribution in [-0.2, 0) is 6.42 Å². The standard InChI is InChI=1S/C13H22N4OS/c1-4-5-11-6-10(7-12(16-11)17-14)13(18)15-9(2)8-19-3/h6-7,9H,4-5,8,14H2,1-3H3,(H,15,18)(H,16,17). The van der Waals surface area contributed by atoms with Crippen molar-refractivity contribution in [3.63, 3.8) is 0 Å². The zero-order valence-corrected chi connectivity index (χ0v) is 12.5. The second-order valence-corrected chi connectivity index (χ2v) is 5.37. The maximum Gasteiger partial charge on any atom is 0.251 e. The van der Waals surface area contributed by atoms with Crippen molar-refractivity contribution in [2.75, 3.05) is 17.4 Å². The van der Waals surface area contributed by atoms with Gasteiger partial charge in [-0.15, -0.1) is 0 Å². The van der Waals surface area contributed by atoms with E-state index >= 15 is 0 Å². The SMILES string of the molecule is CCCc1cc(C(=O)NC(C)CSC)cc(NN)n1. The van der Waals surface area contributed by atoms with Crippen LogP contribution in [0.3, 0.4) is 0 Å². The normalized spacial score (nSPS) is 12.0. The van der Waals surface area contributed by atoms with Crippen molar-refractivity contribution in [3.8, 4) is 0 Å². The number of nitrogens with two attached hydrogens (primary N) is 1. The molecular weight excluding hydrogens is 260 g/mol. The lowest BCUT2D eigenvalue weighted by molar-refractivity contribution is 0.0943. The summed E-state index contributed by atoms with van der Waals surface area (Å²) in [5.41, 5.74) is 3.98. The van der Waals surface area contributed by atoms with Crippen molar-refractivity contribution >= 4 is 23.5 Å². The first-order valence-corrected chi connectivity index (χ1v) is 7.77. The third-order valence-electron chi connectivity index (χ3n) is 2.59. The van der Waals surface area contributed by atoms with Gasteiger partial charge in [0, 0.05) is 23.1 Å². The zero-order valence-electron chi connectivity index (χ0n) is 11.7. The molecule has 0 aliphatic heterocycles. The number of nitrogen functional groups attached to an aromatic ring is 1. The monoisotopic (exact) mass is 282 g/mol. The Labute approximate surface area is 118 Å². The predicted molar refractivity (Wildman–Crippen MR) is 81.4 cm³/mol. The molecule has 0 bridgehead atoms. The van der Waals surface area contributed by atoms with Crippen LogP contribution in [0.2, 0.25) is 0 Å². The molecule has 0 spiro atoms. The van der Waals surface area contributed by atoms with Crippen LogP contribution in [0, 0.1) is 0 Å². The summed E-state index contributed by atoms with van der Waals surface area (Å²) in [6, 6.07) is 3.63.